The second-order valence-corrected chi connectivity index (χ2v) is 5.03. The molecule has 2 heterocycles. The molecule has 2 aliphatic rings. The molecule has 0 aliphatic carbocycles. The van der Waals surface area contributed by atoms with Crippen LogP contribution in [0.1, 0.15) is 33.6 Å². The van der Waals surface area contributed by atoms with Gasteiger partial charge in [-0.15, -0.1) is 0 Å². The number of hydrogen-bond donors (Lipinski definition) is 0. The van der Waals surface area contributed by atoms with Gasteiger partial charge in [-0.1, -0.05) is 0 Å². The predicted octanol–water partition coefficient (Wildman–Crippen LogP) is 1.45. The summed E-state index contributed by atoms with van der Waals surface area (Å²) in [4.78, 5) is 8.24. The molecule has 0 aromatic carbocycles. The van der Waals surface area contributed by atoms with Gasteiger partial charge in [0.05, 0.1) is 0 Å². The summed E-state index contributed by atoms with van der Waals surface area (Å²) >= 11 is 0. The fraction of sp³-hybridized carbons (Fsp3) is 1.00. The van der Waals surface area contributed by atoms with Gasteiger partial charge in [-0.05, 0) is 40.7 Å². The Labute approximate surface area is 80.6 Å². The summed E-state index contributed by atoms with van der Waals surface area (Å²) in [6.45, 7) is 7.89. The van der Waals surface area contributed by atoms with Gasteiger partial charge in [0.2, 0.25) is 0 Å². The highest BCUT2D eigenvalue weighted by Gasteiger charge is 2.43. The van der Waals surface area contributed by atoms with Gasteiger partial charge in [-0.25, -0.2) is 0 Å². The maximum absolute atomic E-state index is 5.92. The Hall–Kier alpha value is -0.120. The number of rotatable bonds is 0. The Bertz CT molecular complexity index is 205. The summed E-state index contributed by atoms with van der Waals surface area (Å²) in [6.07, 6.45) is 2.71. The van der Waals surface area contributed by atoms with Crippen molar-refractivity contribution in [3.8, 4) is 0 Å². The van der Waals surface area contributed by atoms with Crippen LogP contribution in [0.5, 0.6) is 0 Å². The first-order valence-corrected chi connectivity index (χ1v) is 5.17. The number of hydroxylamine groups is 2. The molecule has 0 saturated carbocycles. The van der Waals surface area contributed by atoms with Gasteiger partial charge in [-0.2, -0.15) is 5.06 Å². The molecule has 0 aromatic heterocycles. The van der Waals surface area contributed by atoms with Crippen LogP contribution in [0.4, 0.5) is 0 Å². The third-order valence-electron chi connectivity index (χ3n) is 3.28. The molecule has 3 nitrogen and oxygen atoms in total. The maximum atomic E-state index is 5.92. The third kappa shape index (κ3) is 1.49. The number of likely N-dealkylation sites (N-methyl/N-ethyl adjacent to an activating group) is 1. The zero-order valence-corrected chi connectivity index (χ0v) is 9.08. The molecule has 2 saturated heterocycles. The van der Waals surface area contributed by atoms with E-state index in [1.54, 1.807) is 0 Å². The molecule has 2 rings (SSSR count). The fourth-order valence-corrected chi connectivity index (χ4v) is 2.52. The zero-order chi connectivity index (χ0) is 9.64. The Morgan fingerprint density at radius 1 is 1.38 bits per heavy atom. The van der Waals surface area contributed by atoms with Crippen LogP contribution in [0.3, 0.4) is 0 Å². The van der Waals surface area contributed by atoms with Crippen molar-refractivity contribution in [2.45, 2.75) is 51.4 Å². The second-order valence-electron chi connectivity index (χ2n) is 5.03. The van der Waals surface area contributed by atoms with Gasteiger partial charge < -0.3 is 0 Å². The molecule has 0 radical (unpaired) electrons. The van der Waals surface area contributed by atoms with Crippen molar-refractivity contribution in [1.29, 1.82) is 0 Å². The molecule has 0 aromatic rings. The van der Waals surface area contributed by atoms with Crippen molar-refractivity contribution in [2.75, 3.05) is 13.6 Å². The number of hydrogen-bond acceptors (Lipinski definition) is 3. The number of nitrogens with zero attached hydrogens (tertiary/aromatic N) is 2. The second kappa shape index (κ2) is 2.94. The third-order valence-corrected chi connectivity index (χ3v) is 3.28. The smallest absolute Gasteiger partial charge is 0.132 e. The van der Waals surface area contributed by atoms with E-state index in [1.807, 2.05) is 0 Å². The van der Waals surface area contributed by atoms with Crippen molar-refractivity contribution in [1.82, 2.24) is 9.96 Å². The van der Waals surface area contributed by atoms with Crippen molar-refractivity contribution in [2.24, 2.45) is 0 Å². The van der Waals surface area contributed by atoms with Crippen molar-refractivity contribution >= 4 is 0 Å². The summed E-state index contributed by atoms with van der Waals surface area (Å²) in [5.74, 6) is 0. The molecule has 0 spiro atoms. The highest BCUT2D eigenvalue weighted by molar-refractivity contribution is 4.89. The zero-order valence-electron chi connectivity index (χ0n) is 9.08. The fourth-order valence-electron chi connectivity index (χ4n) is 2.52. The average molecular weight is 184 g/mol. The summed E-state index contributed by atoms with van der Waals surface area (Å²) in [7, 11) is 2.15. The van der Waals surface area contributed by atoms with Crippen LogP contribution in [0.25, 0.3) is 0 Å². The largest absolute Gasteiger partial charge is 0.279 e. The standard InChI is InChI=1S/C10H20N2O/c1-8-7-11(4)9-5-6-10(2,3)12(8)13-9/h8-9H,5-7H2,1-4H3. The molecular weight excluding hydrogens is 164 g/mol. The van der Waals surface area contributed by atoms with Gasteiger partial charge >= 0.3 is 0 Å². The van der Waals surface area contributed by atoms with Crippen LogP contribution >= 0.6 is 0 Å². The van der Waals surface area contributed by atoms with Crippen LogP contribution in [-0.4, -0.2) is 41.4 Å². The minimum Gasteiger partial charge on any atom is -0.279 e. The SMILES string of the molecule is CC1CN(C)C2CCC(C)(C)N1O2. The van der Waals surface area contributed by atoms with E-state index in [0.29, 0.717) is 12.3 Å². The van der Waals surface area contributed by atoms with Crippen molar-refractivity contribution in [3.05, 3.63) is 0 Å². The first kappa shape index (κ1) is 9.44. The molecule has 76 valence electrons. The van der Waals surface area contributed by atoms with E-state index in [9.17, 15) is 0 Å². The van der Waals surface area contributed by atoms with Crippen LogP contribution in [0.2, 0.25) is 0 Å². The van der Waals surface area contributed by atoms with Crippen molar-refractivity contribution in [3.63, 3.8) is 0 Å². The molecule has 2 fully saturated rings. The van der Waals surface area contributed by atoms with E-state index in [-0.39, 0.29) is 5.54 Å². The normalized spacial score (nSPS) is 44.8. The summed E-state index contributed by atoms with van der Waals surface area (Å²) in [5.41, 5.74) is 0.219. The molecule has 13 heavy (non-hydrogen) atoms. The van der Waals surface area contributed by atoms with Crippen LogP contribution < -0.4 is 0 Å². The minimum atomic E-state index is 0.219. The highest BCUT2D eigenvalue weighted by atomic mass is 16.7. The Morgan fingerprint density at radius 2 is 2.08 bits per heavy atom. The first-order chi connectivity index (χ1) is 6.00. The highest BCUT2D eigenvalue weighted by Crippen LogP contribution is 2.35. The lowest BCUT2D eigenvalue weighted by molar-refractivity contribution is -0.349. The lowest BCUT2D eigenvalue weighted by atomic mass is 9.92. The lowest BCUT2D eigenvalue weighted by Gasteiger charge is -2.53. The summed E-state index contributed by atoms with van der Waals surface area (Å²) in [6, 6.07) is 0.511. The topological polar surface area (TPSA) is 15.7 Å². The molecule has 2 aliphatic heterocycles. The monoisotopic (exact) mass is 184 g/mol. The van der Waals surface area contributed by atoms with Crippen molar-refractivity contribution < 1.29 is 4.84 Å². The quantitative estimate of drug-likeness (QED) is 0.567. The lowest BCUT2D eigenvalue weighted by Crippen LogP contribution is -2.64. The minimum absolute atomic E-state index is 0.219. The molecule has 0 amide bonds. The Balaban J connectivity index is 2.16. The molecule has 3 atom stereocenters. The van der Waals surface area contributed by atoms with E-state index >= 15 is 0 Å². The molecular formula is C10H20N2O. The predicted molar refractivity (Wildman–Crippen MR) is 52.1 cm³/mol. The van der Waals surface area contributed by atoms with Gasteiger partial charge in [0.1, 0.15) is 6.23 Å². The van der Waals surface area contributed by atoms with Gasteiger partial charge in [0, 0.05) is 18.1 Å². The molecule has 0 N–H and O–H groups in total. The van der Waals surface area contributed by atoms with Gasteiger partial charge in [0.15, 0.2) is 0 Å². The first-order valence-electron chi connectivity index (χ1n) is 5.17. The van der Waals surface area contributed by atoms with E-state index in [0.717, 1.165) is 13.0 Å². The van der Waals surface area contributed by atoms with E-state index in [1.165, 1.54) is 6.42 Å². The number of fused-ring (bicyclic) bond motifs is 2. The average Bonchev–Trinajstić information content (AvgIpc) is 2.02. The van der Waals surface area contributed by atoms with E-state index < -0.39 is 0 Å². The Kier molecular flexibility index (Phi) is 2.13. The van der Waals surface area contributed by atoms with Crippen LogP contribution in [-0.2, 0) is 4.84 Å². The van der Waals surface area contributed by atoms with Crippen LogP contribution in [0.15, 0.2) is 0 Å². The van der Waals surface area contributed by atoms with Gasteiger partial charge in [-0.3, -0.25) is 9.74 Å². The van der Waals surface area contributed by atoms with E-state index in [4.69, 9.17) is 4.84 Å². The summed E-state index contributed by atoms with van der Waals surface area (Å²) in [5, 5.41) is 2.20. The molecule has 3 unspecified atom stereocenters. The maximum Gasteiger partial charge on any atom is 0.132 e. The summed E-state index contributed by atoms with van der Waals surface area (Å²) < 4.78 is 0. The van der Waals surface area contributed by atoms with E-state index in [2.05, 4.69) is 37.8 Å². The Morgan fingerprint density at radius 3 is 2.77 bits per heavy atom. The van der Waals surface area contributed by atoms with Gasteiger partial charge in [0.25, 0.3) is 0 Å². The van der Waals surface area contributed by atoms with Crippen LogP contribution in [0, 0.1) is 0 Å². The molecule has 3 heteroatoms. The molecule has 2 bridgehead atoms.